The highest BCUT2D eigenvalue weighted by atomic mass is 19.1. The first-order chi connectivity index (χ1) is 9.78. The van der Waals surface area contributed by atoms with Crippen molar-refractivity contribution in [1.82, 2.24) is 4.57 Å². The maximum Gasteiger partial charge on any atom is 0.147 e. The van der Waals surface area contributed by atoms with Crippen LogP contribution in [-0.4, -0.2) is 9.67 Å². The quantitative estimate of drug-likeness (QED) is 0.834. The number of aliphatic hydroxyl groups excluding tert-OH is 1. The van der Waals surface area contributed by atoms with Gasteiger partial charge in [0.05, 0.1) is 11.8 Å². The molecule has 0 saturated heterocycles. The maximum absolute atomic E-state index is 14.3. The van der Waals surface area contributed by atoms with Crippen molar-refractivity contribution in [3.05, 3.63) is 52.6 Å². The first-order valence-electron chi connectivity index (χ1n) is 7.44. The largest absolute Gasteiger partial charge is 0.388 e. The van der Waals surface area contributed by atoms with Crippen LogP contribution in [0.4, 0.5) is 4.39 Å². The Morgan fingerprint density at radius 1 is 1.24 bits per heavy atom. The molecule has 1 aliphatic rings. The van der Waals surface area contributed by atoms with Crippen molar-refractivity contribution < 1.29 is 9.50 Å². The maximum atomic E-state index is 14.3. The predicted octanol–water partition coefficient (Wildman–Crippen LogP) is 4.24. The zero-order valence-corrected chi connectivity index (χ0v) is 13.1. The van der Waals surface area contributed by atoms with Crippen LogP contribution in [0.5, 0.6) is 0 Å². The lowest BCUT2D eigenvalue weighted by molar-refractivity contribution is 0.0986. The van der Waals surface area contributed by atoms with Crippen molar-refractivity contribution in [1.29, 1.82) is 0 Å². The number of benzene rings is 1. The topological polar surface area (TPSA) is 25.2 Å². The molecule has 1 atom stereocenters. The van der Waals surface area contributed by atoms with Gasteiger partial charge >= 0.3 is 0 Å². The Labute approximate surface area is 125 Å². The number of aryl methyl sites for hydroxylation is 2. The number of hydrogen-bond donors (Lipinski definition) is 1. The number of fused-ring (bicyclic) bond motifs is 1. The average molecular weight is 287 g/mol. The van der Waals surface area contributed by atoms with Crippen molar-refractivity contribution in [3.8, 4) is 5.69 Å². The van der Waals surface area contributed by atoms with Gasteiger partial charge in [0.2, 0.25) is 0 Å². The highest BCUT2D eigenvalue weighted by molar-refractivity contribution is 5.46. The van der Waals surface area contributed by atoms with Gasteiger partial charge in [-0.2, -0.15) is 0 Å². The molecule has 1 aromatic carbocycles. The number of aliphatic hydroxyl groups is 1. The molecule has 0 amide bonds. The Hall–Kier alpha value is -1.61. The Morgan fingerprint density at radius 3 is 2.67 bits per heavy atom. The number of hydrogen-bond acceptors (Lipinski definition) is 1. The summed E-state index contributed by atoms with van der Waals surface area (Å²) in [5, 5.41) is 10.4. The van der Waals surface area contributed by atoms with Crippen LogP contribution in [0.2, 0.25) is 0 Å². The summed E-state index contributed by atoms with van der Waals surface area (Å²) in [5.74, 6) is -0.222. The van der Waals surface area contributed by atoms with Gasteiger partial charge in [0, 0.05) is 17.0 Å². The first kappa shape index (κ1) is 14.3. The highest BCUT2D eigenvalue weighted by Crippen LogP contribution is 2.43. The van der Waals surface area contributed by atoms with E-state index in [1.807, 2.05) is 30.5 Å². The van der Waals surface area contributed by atoms with Crippen molar-refractivity contribution in [3.63, 3.8) is 0 Å². The van der Waals surface area contributed by atoms with Crippen LogP contribution >= 0.6 is 0 Å². The molecule has 0 aliphatic heterocycles. The summed E-state index contributed by atoms with van der Waals surface area (Å²) in [5.41, 5.74) is 4.60. The highest BCUT2D eigenvalue weighted by Gasteiger charge is 2.34. The van der Waals surface area contributed by atoms with Crippen LogP contribution < -0.4 is 0 Å². The summed E-state index contributed by atoms with van der Waals surface area (Å²) >= 11 is 0. The van der Waals surface area contributed by atoms with Crippen molar-refractivity contribution >= 4 is 0 Å². The molecule has 112 valence electrons. The van der Waals surface area contributed by atoms with Crippen LogP contribution in [0.15, 0.2) is 24.3 Å². The van der Waals surface area contributed by atoms with Gasteiger partial charge in [-0.3, -0.25) is 0 Å². The summed E-state index contributed by atoms with van der Waals surface area (Å²) in [6, 6.07) is 7.16. The van der Waals surface area contributed by atoms with Gasteiger partial charge in [0.25, 0.3) is 0 Å². The molecule has 1 aliphatic carbocycles. The van der Waals surface area contributed by atoms with Crippen LogP contribution in [0.25, 0.3) is 5.69 Å². The van der Waals surface area contributed by atoms with Gasteiger partial charge in [-0.1, -0.05) is 19.9 Å². The standard InChI is InChI=1S/C18H22FNO/c1-11-5-6-14(19)15(7-11)20-12(2)8-13-16(20)9-18(3,4)10-17(13)21/h5-8,17,21H,9-10H2,1-4H3. The fourth-order valence-electron chi connectivity index (χ4n) is 3.47. The van der Waals surface area contributed by atoms with Crippen LogP contribution in [0.1, 0.15) is 48.9 Å². The molecule has 1 N–H and O–H groups in total. The molecular formula is C18H22FNO. The van der Waals surface area contributed by atoms with Gasteiger partial charge in [-0.25, -0.2) is 4.39 Å². The van der Waals surface area contributed by atoms with E-state index >= 15 is 0 Å². The molecule has 0 bridgehead atoms. The van der Waals surface area contributed by atoms with E-state index in [4.69, 9.17) is 0 Å². The Morgan fingerprint density at radius 2 is 1.95 bits per heavy atom. The summed E-state index contributed by atoms with van der Waals surface area (Å²) < 4.78 is 16.3. The summed E-state index contributed by atoms with van der Waals surface area (Å²) in [6.07, 6.45) is 1.14. The normalized spacial score (nSPS) is 20.4. The average Bonchev–Trinajstić information content (AvgIpc) is 2.68. The molecule has 0 spiro atoms. The first-order valence-corrected chi connectivity index (χ1v) is 7.44. The van der Waals surface area contributed by atoms with E-state index in [9.17, 15) is 9.50 Å². The molecule has 1 aromatic heterocycles. The minimum atomic E-state index is -0.462. The molecule has 2 nitrogen and oxygen atoms in total. The lowest BCUT2D eigenvalue weighted by Gasteiger charge is -2.34. The van der Waals surface area contributed by atoms with Gasteiger partial charge in [0.15, 0.2) is 0 Å². The fourth-order valence-corrected chi connectivity index (χ4v) is 3.47. The van der Waals surface area contributed by atoms with E-state index in [1.165, 1.54) is 6.07 Å². The molecule has 2 aromatic rings. The lowest BCUT2D eigenvalue weighted by Crippen LogP contribution is -2.26. The Balaban J connectivity index is 2.23. The smallest absolute Gasteiger partial charge is 0.147 e. The van der Waals surface area contributed by atoms with E-state index in [0.717, 1.165) is 35.4 Å². The molecule has 0 radical (unpaired) electrons. The molecule has 1 heterocycles. The van der Waals surface area contributed by atoms with E-state index in [-0.39, 0.29) is 11.2 Å². The monoisotopic (exact) mass is 287 g/mol. The predicted molar refractivity (Wildman–Crippen MR) is 82.3 cm³/mol. The number of nitrogens with zero attached hydrogens (tertiary/aromatic N) is 1. The summed E-state index contributed by atoms with van der Waals surface area (Å²) in [7, 11) is 0. The summed E-state index contributed by atoms with van der Waals surface area (Å²) in [4.78, 5) is 0. The van der Waals surface area contributed by atoms with E-state index < -0.39 is 6.10 Å². The van der Waals surface area contributed by atoms with E-state index in [2.05, 4.69) is 13.8 Å². The van der Waals surface area contributed by atoms with Crippen LogP contribution in [0.3, 0.4) is 0 Å². The minimum absolute atomic E-state index is 0.0231. The molecule has 3 rings (SSSR count). The van der Waals surface area contributed by atoms with E-state index in [0.29, 0.717) is 5.69 Å². The summed E-state index contributed by atoms with van der Waals surface area (Å²) in [6.45, 7) is 8.24. The SMILES string of the molecule is Cc1ccc(F)c(-n2c(C)cc3c2CC(C)(C)CC3O)c1. The number of rotatable bonds is 1. The molecule has 21 heavy (non-hydrogen) atoms. The Kier molecular flexibility index (Phi) is 3.21. The zero-order chi connectivity index (χ0) is 15.4. The molecule has 0 fully saturated rings. The Bertz CT molecular complexity index is 699. The van der Waals surface area contributed by atoms with Gasteiger partial charge in [-0.15, -0.1) is 0 Å². The lowest BCUT2D eigenvalue weighted by atomic mass is 9.75. The van der Waals surface area contributed by atoms with Gasteiger partial charge in [-0.05, 0) is 55.9 Å². The van der Waals surface area contributed by atoms with E-state index in [1.54, 1.807) is 6.07 Å². The third-order valence-corrected chi connectivity index (χ3v) is 4.41. The number of aromatic nitrogens is 1. The molecule has 3 heteroatoms. The molecular weight excluding hydrogens is 265 g/mol. The van der Waals surface area contributed by atoms with Gasteiger partial charge < -0.3 is 9.67 Å². The van der Waals surface area contributed by atoms with Crippen molar-refractivity contribution in [2.45, 2.75) is 46.6 Å². The van der Waals surface area contributed by atoms with Crippen molar-refractivity contribution in [2.24, 2.45) is 5.41 Å². The number of halogens is 1. The second-order valence-corrected chi connectivity index (χ2v) is 7.04. The minimum Gasteiger partial charge on any atom is -0.388 e. The second kappa shape index (κ2) is 4.70. The molecule has 1 unspecified atom stereocenters. The molecule has 0 saturated carbocycles. The van der Waals surface area contributed by atoms with Crippen LogP contribution in [0, 0.1) is 25.1 Å². The fraction of sp³-hybridized carbons (Fsp3) is 0.444. The second-order valence-electron chi connectivity index (χ2n) is 7.04. The van der Waals surface area contributed by atoms with Crippen LogP contribution in [-0.2, 0) is 6.42 Å². The third kappa shape index (κ3) is 2.40. The van der Waals surface area contributed by atoms with Crippen molar-refractivity contribution in [2.75, 3.05) is 0 Å². The third-order valence-electron chi connectivity index (χ3n) is 4.41. The van der Waals surface area contributed by atoms with Gasteiger partial charge in [0.1, 0.15) is 5.82 Å². The zero-order valence-electron chi connectivity index (χ0n) is 13.1.